The number of hydrogen-bond donors (Lipinski definition) is 2. The fourth-order valence-corrected chi connectivity index (χ4v) is 4.41. The molecule has 1 atom stereocenters. The number of carboxylic acids is 1. The average Bonchev–Trinajstić information content (AvgIpc) is 2.79. The highest BCUT2D eigenvalue weighted by atomic mass is 19.4. The van der Waals surface area contributed by atoms with Crippen LogP contribution in [0.25, 0.3) is 0 Å². The molecule has 0 spiro atoms. The van der Waals surface area contributed by atoms with Crippen molar-refractivity contribution in [2.45, 2.75) is 56.3 Å². The second-order valence-corrected chi connectivity index (χ2v) is 8.72. The van der Waals surface area contributed by atoms with Crippen molar-refractivity contribution in [1.82, 2.24) is 10.2 Å². The van der Waals surface area contributed by atoms with Gasteiger partial charge >= 0.3 is 12.1 Å². The van der Waals surface area contributed by atoms with Gasteiger partial charge in [0, 0.05) is 13.0 Å². The summed E-state index contributed by atoms with van der Waals surface area (Å²) in [6.07, 6.45) is -5.52. The number of piperidine rings is 1. The molecule has 9 heteroatoms. The van der Waals surface area contributed by atoms with Gasteiger partial charge in [-0.05, 0) is 62.0 Å². The molecule has 1 saturated heterocycles. The van der Waals surface area contributed by atoms with E-state index < -0.39 is 48.2 Å². The highest BCUT2D eigenvalue weighted by Crippen LogP contribution is 2.37. The van der Waals surface area contributed by atoms with E-state index >= 15 is 0 Å². The molecule has 2 N–H and O–H groups in total. The van der Waals surface area contributed by atoms with Crippen molar-refractivity contribution in [3.8, 4) is 0 Å². The third-order valence-corrected chi connectivity index (χ3v) is 6.35. The summed E-state index contributed by atoms with van der Waals surface area (Å²) in [5, 5.41) is 12.0. The molecule has 0 bridgehead atoms. The highest BCUT2D eigenvalue weighted by molar-refractivity contribution is 5.91. The first-order valence-corrected chi connectivity index (χ1v) is 11.2. The zero-order valence-corrected chi connectivity index (χ0v) is 18.7. The number of likely N-dealkylation sites (tertiary alicyclic amines) is 1. The number of hydrogen-bond acceptors (Lipinski definition) is 3. The molecule has 1 aliphatic rings. The number of carbonyl (C=O) groups is 2. The van der Waals surface area contributed by atoms with Crippen molar-refractivity contribution < 1.29 is 32.3 Å². The summed E-state index contributed by atoms with van der Waals surface area (Å²) in [5.74, 6) is -2.40. The van der Waals surface area contributed by atoms with Gasteiger partial charge in [0.15, 0.2) is 0 Å². The molecule has 2 aromatic rings. The van der Waals surface area contributed by atoms with E-state index in [0.717, 1.165) is 5.56 Å². The number of carboxylic acid groups (broad SMARTS) is 1. The van der Waals surface area contributed by atoms with Gasteiger partial charge < -0.3 is 10.4 Å². The van der Waals surface area contributed by atoms with E-state index in [9.17, 15) is 32.3 Å². The maximum absolute atomic E-state index is 13.6. The molecule has 1 heterocycles. The number of aliphatic carboxylic acids is 1. The molecule has 3 rings (SSSR count). The highest BCUT2D eigenvalue weighted by Gasteiger charge is 2.44. The van der Waals surface area contributed by atoms with E-state index in [1.807, 2.05) is 30.3 Å². The lowest BCUT2D eigenvalue weighted by molar-refractivity contribution is -0.145. The van der Waals surface area contributed by atoms with Crippen LogP contribution in [0.4, 0.5) is 17.6 Å². The van der Waals surface area contributed by atoms with Crippen LogP contribution in [0, 0.1) is 5.82 Å². The number of nitrogens with one attached hydrogen (secondary N) is 1. The van der Waals surface area contributed by atoms with Gasteiger partial charge in [0.25, 0.3) is 0 Å². The van der Waals surface area contributed by atoms with E-state index in [1.54, 1.807) is 0 Å². The largest absolute Gasteiger partial charge is 0.480 e. The first-order valence-electron chi connectivity index (χ1n) is 11.2. The van der Waals surface area contributed by atoms with Crippen LogP contribution in [0.1, 0.15) is 43.2 Å². The summed E-state index contributed by atoms with van der Waals surface area (Å²) in [6, 6.07) is 13.9. The number of alkyl halides is 3. The van der Waals surface area contributed by atoms with Gasteiger partial charge in [-0.25, -0.2) is 9.18 Å². The third-order valence-electron chi connectivity index (χ3n) is 6.35. The van der Waals surface area contributed by atoms with Gasteiger partial charge in [0.2, 0.25) is 5.91 Å². The molecular weight excluding hydrogens is 452 g/mol. The number of benzene rings is 2. The first-order chi connectivity index (χ1) is 16.1. The Morgan fingerprint density at radius 2 is 1.65 bits per heavy atom. The normalized spacial score (nSPS) is 17.2. The lowest BCUT2D eigenvalue weighted by Gasteiger charge is -2.41. The van der Waals surface area contributed by atoms with Gasteiger partial charge in [-0.2, -0.15) is 13.2 Å². The average molecular weight is 481 g/mol. The van der Waals surface area contributed by atoms with Crippen LogP contribution in [0.15, 0.2) is 54.6 Å². The number of halogens is 4. The Kier molecular flexibility index (Phi) is 8.30. The molecule has 184 valence electrons. The van der Waals surface area contributed by atoms with Crippen molar-refractivity contribution in [2.24, 2.45) is 0 Å². The summed E-state index contributed by atoms with van der Waals surface area (Å²) in [4.78, 5) is 27.3. The molecule has 0 aliphatic carbocycles. The van der Waals surface area contributed by atoms with Crippen molar-refractivity contribution in [3.63, 3.8) is 0 Å². The number of rotatable bonds is 9. The number of nitrogens with zero attached hydrogens (tertiary/aromatic N) is 1. The quantitative estimate of drug-likeness (QED) is 0.512. The van der Waals surface area contributed by atoms with Crippen LogP contribution in [-0.4, -0.2) is 47.2 Å². The van der Waals surface area contributed by atoms with Crippen LogP contribution >= 0.6 is 0 Å². The molecule has 1 amide bonds. The van der Waals surface area contributed by atoms with Gasteiger partial charge in [-0.3, -0.25) is 9.69 Å². The lowest BCUT2D eigenvalue weighted by atomic mass is 9.71. The first kappa shape index (κ1) is 25.7. The van der Waals surface area contributed by atoms with Crippen molar-refractivity contribution in [2.75, 3.05) is 13.1 Å². The molecule has 1 aliphatic heterocycles. The molecule has 0 unspecified atom stereocenters. The minimum atomic E-state index is -4.39. The summed E-state index contributed by atoms with van der Waals surface area (Å²) in [7, 11) is 0. The van der Waals surface area contributed by atoms with Gasteiger partial charge in [-0.1, -0.05) is 42.5 Å². The Hall–Kier alpha value is -2.94. The number of carbonyl (C=O) groups excluding carboxylic acids is 1. The molecule has 0 radical (unpaired) electrons. The molecule has 2 aromatic carbocycles. The summed E-state index contributed by atoms with van der Waals surface area (Å²) < 4.78 is 51.1. The topological polar surface area (TPSA) is 69.6 Å². The fourth-order valence-electron chi connectivity index (χ4n) is 4.41. The Labute approximate surface area is 195 Å². The van der Waals surface area contributed by atoms with Crippen LogP contribution in [0.2, 0.25) is 0 Å². The van der Waals surface area contributed by atoms with E-state index in [4.69, 9.17) is 0 Å². The molecule has 0 saturated carbocycles. The Balaban J connectivity index is 1.75. The van der Waals surface area contributed by atoms with Crippen LogP contribution in [-0.2, 0) is 21.5 Å². The molecular formula is C25H28F4N2O3. The second kappa shape index (κ2) is 11.0. The van der Waals surface area contributed by atoms with E-state index in [1.165, 1.54) is 24.3 Å². The Morgan fingerprint density at radius 3 is 2.21 bits per heavy atom. The predicted octanol–water partition coefficient (Wildman–Crippen LogP) is 4.66. The Bertz CT molecular complexity index is 956. The minimum Gasteiger partial charge on any atom is -0.480 e. The summed E-state index contributed by atoms with van der Waals surface area (Å²) in [6.45, 7) is 1.79. The molecule has 0 aromatic heterocycles. The van der Waals surface area contributed by atoms with Crippen LogP contribution in [0.5, 0.6) is 0 Å². The smallest absolute Gasteiger partial charge is 0.389 e. The summed E-state index contributed by atoms with van der Waals surface area (Å²) in [5.41, 5.74) is 0.584. The van der Waals surface area contributed by atoms with Gasteiger partial charge in [0.05, 0.1) is 5.41 Å². The zero-order valence-electron chi connectivity index (χ0n) is 18.7. The van der Waals surface area contributed by atoms with Crippen molar-refractivity contribution >= 4 is 11.9 Å². The monoisotopic (exact) mass is 480 g/mol. The second-order valence-electron chi connectivity index (χ2n) is 8.72. The maximum atomic E-state index is 13.6. The lowest BCUT2D eigenvalue weighted by Crippen LogP contribution is -2.55. The Morgan fingerprint density at radius 1 is 1.03 bits per heavy atom. The molecule has 1 fully saturated rings. The maximum Gasteiger partial charge on any atom is 0.389 e. The van der Waals surface area contributed by atoms with Crippen LogP contribution in [0.3, 0.4) is 0 Å². The van der Waals surface area contributed by atoms with E-state index in [0.29, 0.717) is 38.0 Å². The third kappa shape index (κ3) is 6.79. The predicted molar refractivity (Wildman–Crippen MR) is 119 cm³/mol. The van der Waals surface area contributed by atoms with Crippen LogP contribution < -0.4 is 5.32 Å². The van der Waals surface area contributed by atoms with Crippen molar-refractivity contribution in [1.29, 1.82) is 0 Å². The zero-order chi connectivity index (χ0) is 24.8. The fraction of sp³-hybridized carbons (Fsp3) is 0.440. The van der Waals surface area contributed by atoms with Gasteiger partial charge in [0.1, 0.15) is 11.9 Å². The minimum absolute atomic E-state index is 0.333. The summed E-state index contributed by atoms with van der Waals surface area (Å²) >= 11 is 0. The SMILES string of the molecule is O=C(O)[C@H](CCCC(F)(F)F)NC(=O)C1(c2ccc(F)cc2)CCN(Cc2ccccc2)CC1. The molecule has 34 heavy (non-hydrogen) atoms. The van der Waals surface area contributed by atoms with Gasteiger partial charge in [-0.15, -0.1) is 0 Å². The van der Waals surface area contributed by atoms with Crippen molar-refractivity contribution in [3.05, 3.63) is 71.5 Å². The number of amides is 1. The van der Waals surface area contributed by atoms with E-state index in [-0.39, 0.29) is 6.42 Å². The molecule has 5 nitrogen and oxygen atoms in total. The standard InChI is InChI=1S/C25H28F4N2O3/c26-20-10-8-19(9-11-20)24(13-15-31(16-14-24)17-18-5-2-1-3-6-18)23(34)30-21(22(32)33)7-4-12-25(27,28)29/h1-3,5-6,8-11,21H,4,7,12-17H2,(H,30,34)(H,32,33)/t21-/m0/s1. The van der Waals surface area contributed by atoms with E-state index in [2.05, 4.69) is 10.2 Å².